The molecule has 1 aliphatic heterocycles. The van der Waals surface area contributed by atoms with E-state index in [-0.39, 0.29) is 11.7 Å². The van der Waals surface area contributed by atoms with Crippen molar-refractivity contribution in [1.29, 1.82) is 0 Å². The third-order valence-electron chi connectivity index (χ3n) is 4.58. The van der Waals surface area contributed by atoms with Gasteiger partial charge in [0.1, 0.15) is 0 Å². The van der Waals surface area contributed by atoms with E-state index in [0.29, 0.717) is 23.6 Å². The summed E-state index contributed by atoms with van der Waals surface area (Å²) in [6, 6.07) is 18.4. The molecule has 0 aliphatic carbocycles. The third-order valence-corrected chi connectivity index (χ3v) is 4.58. The van der Waals surface area contributed by atoms with Crippen LogP contribution in [0.4, 0.5) is 17.2 Å². The summed E-state index contributed by atoms with van der Waals surface area (Å²) in [5.41, 5.74) is 3.87. The van der Waals surface area contributed by atoms with E-state index in [2.05, 4.69) is 15.5 Å². The molecule has 0 saturated heterocycles. The summed E-state index contributed by atoms with van der Waals surface area (Å²) in [5.74, 6) is 0.404. The number of aromatic nitrogens is 2. The number of carbonyl (C=O) groups excluding carboxylic acids is 2. The average Bonchev–Trinajstić information content (AvgIpc) is 3.12. The van der Waals surface area contributed by atoms with E-state index >= 15 is 0 Å². The summed E-state index contributed by atoms with van der Waals surface area (Å²) in [6.45, 7) is 2.19. The minimum atomic E-state index is -0.148. The van der Waals surface area contributed by atoms with Crippen molar-refractivity contribution < 1.29 is 9.59 Å². The molecular formula is C21H18N4O2. The SMILES string of the molecule is CC(=O)c1ccc(Nc2ccc(C(=O)N3CCc4ccccc43)nn2)cc1. The van der Waals surface area contributed by atoms with E-state index in [9.17, 15) is 9.59 Å². The highest BCUT2D eigenvalue weighted by Crippen LogP contribution is 2.28. The molecule has 0 atom stereocenters. The van der Waals surface area contributed by atoms with Crippen LogP contribution in [-0.4, -0.2) is 28.4 Å². The van der Waals surface area contributed by atoms with Crippen molar-refractivity contribution in [3.8, 4) is 0 Å². The number of hydrogen-bond donors (Lipinski definition) is 1. The fourth-order valence-corrected chi connectivity index (χ4v) is 3.14. The summed E-state index contributed by atoms with van der Waals surface area (Å²) < 4.78 is 0. The van der Waals surface area contributed by atoms with Crippen molar-refractivity contribution in [2.75, 3.05) is 16.8 Å². The predicted molar refractivity (Wildman–Crippen MR) is 104 cm³/mol. The van der Waals surface area contributed by atoms with Crippen LogP contribution < -0.4 is 10.2 Å². The minimum Gasteiger partial charge on any atom is -0.339 e. The molecule has 2 heterocycles. The van der Waals surface area contributed by atoms with Gasteiger partial charge in [0.15, 0.2) is 17.3 Å². The predicted octanol–water partition coefficient (Wildman–Crippen LogP) is 3.63. The molecular weight excluding hydrogens is 340 g/mol. The average molecular weight is 358 g/mol. The summed E-state index contributed by atoms with van der Waals surface area (Å²) in [4.78, 5) is 25.8. The van der Waals surface area contributed by atoms with E-state index in [1.807, 2.05) is 24.3 Å². The fourth-order valence-electron chi connectivity index (χ4n) is 3.14. The Morgan fingerprint density at radius 3 is 2.44 bits per heavy atom. The van der Waals surface area contributed by atoms with Crippen LogP contribution in [0, 0.1) is 0 Å². The monoisotopic (exact) mass is 358 g/mol. The molecule has 1 N–H and O–H groups in total. The first-order valence-corrected chi connectivity index (χ1v) is 8.73. The molecule has 0 spiro atoms. The lowest BCUT2D eigenvalue weighted by Gasteiger charge is -2.16. The summed E-state index contributed by atoms with van der Waals surface area (Å²) in [7, 11) is 0. The van der Waals surface area contributed by atoms with Gasteiger partial charge in [-0.1, -0.05) is 18.2 Å². The molecule has 1 aromatic heterocycles. The molecule has 3 aromatic rings. The number of rotatable bonds is 4. The Morgan fingerprint density at radius 2 is 1.74 bits per heavy atom. The summed E-state index contributed by atoms with van der Waals surface area (Å²) in [5, 5.41) is 11.3. The van der Waals surface area contributed by atoms with Crippen LogP contribution in [0.2, 0.25) is 0 Å². The number of amides is 1. The topological polar surface area (TPSA) is 75.2 Å². The van der Waals surface area contributed by atoms with E-state index < -0.39 is 0 Å². The van der Waals surface area contributed by atoms with Crippen molar-refractivity contribution in [2.24, 2.45) is 0 Å². The first kappa shape index (κ1) is 16.9. The van der Waals surface area contributed by atoms with Crippen LogP contribution >= 0.6 is 0 Å². The largest absolute Gasteiger partial charge is 0.339 e. The van der Waals surface area contributed by atoms with Gasteiger partial charge in [0.25, 0.3) is 5.91 Å². The van der Waals surface area contributed by atoms with Gasteiger partial charge in [-0.05, 0) is 61.4 Å². The highest BCUT2D eigenvalue weighted by molar-refractivity contribution is 6.06. The van der Waals surface area contributed by atoms with Gasteiger partial charge in [-0.3, -0.25) is 9.59 Å². The highest BCUT2D eigenvalue weighted by Gasteiger charge is 2.26. The maximum absolute atomic E-state index is 12.8. The zero-order valence-electron chi connectivity index (χ0n) is 14.8. The zero-order chi connectivity index (χ0) is 18.8. The van der Waals surface area contributed by atoms with E-state index in [1.165, 1.54) is 12.5 Å². The standard InChI is InChI=1S/C21H18N4O2/c1-14(26)15-6-8-17(9-7-15)22-20-11-10-18(23-24-20)21(27)25-13-12-16-4-2-3-5-19(16)25/h2-11H,12-13H2,1H3,(H,22,24). The first-order valence-electron chi connectivity index (χ1n) is 8.73. The van der Waals surface area contributed by atoms with Crippen LogP contribution in [0.15, 0.2) is 60.7 Å². The molecule has 0 fully saturated rings. The maximum Gasteiger partial charge on any atom is 0.278 e. The number of Topliss-reactive ketones (excluding diaryl/α,β-unsaturated/α-hetero) is 1. The fraction of sp³-hybridized carbons (Fsp3) is 0.143. The number of para-hydroxylation sites is 1. The lowest BCUT2D eigenvalue weighted by molar-refractivity contribution is 0.0981. The Bertz CT molecular complexity index is 997. The smallest absolute Gasteiger partial charge is 0.278 e. The number of nitrogens with one attached hydrogen (secondary N) is 1. The first-order chi connectivity index (χ1) is 13.1. The van der Waals surface area contributed by atoms with Crippen molar-refractivity contribution in [3.63, 3.8) is 0 Å². The number of carbonyl (C=O) groups is 2. The molecule has 2 aromatic carbocycles. The van der Waals surface area contributed by atoms with Crippen molar-refractivity contribution in [3.05, 3.63) is 77.5 Å². The molecule has 6 heteroatoms. The molecule has 1 aliphatic rings. The van der Waals surface area contributed by atoms with Crippen LogP contribution in [0.3, 0.4) is 0 Å². The molecule has 4 rings (SSSR count). The van der Waals surface area contributed by atoms with E-state index in [4.69, 9.17) is 0 Å². The number of fused-ring (bicyclic) bond motifs is 1. The summed E-state index contributed by atoms with van der Waals surface area (Å²) >= 11 is 0. The molecule has 6 nitrogen and oxygen atoms in total. The highest BCUT2D eigenvalue weighted by atomic mass is 16.2. The van der Waals surface area contributed by atoms with Gasteiger partial charge in [-0.15, -0.1) is 10.2 Å². The van der Waals surface area contributed by atoms with Gasteiger partial charge < -0.3 is 10.2 Å². The van der Waals surface area contributed by atoms with Crippen molar-refractivity contribution >= 4 is 28.9 Å². The van der Waals surface area contributed by atoms with Gasteiger partial charge in [-0.2, -0.15) is 0 Å². The molecule has 134 valence electrons. The quantitative estimate of drug-likeness (QED) is 0.721. The van der Waals surface area contributed by atoms with Crippen LogP contribution in [-0.2, 0) is 6.42 Å². The van der Waals surface area contributed by atoms with Gasteiger partial charge >= 0.3 is 0 Å². The van der Waals surface area contributed by atoms with Gasteiger partial charge in [-0.25, -0.2) is 0 Å². The number of ketones is 1. The lowest BCUT2D eigenvalue weighted by atomic mass is 10.1. The molecule has 0 bridgehead atoms. The minimum absolute atomic E-state index is 0.0210. The van der Waals surface area contributed by atoms with Crippen LogP contribution in [0.25, 0.3) is 0 Å². The van der Waals surface area contributed by atoms with Gasteiger partial charge in [0, 0.05) is 23.5 Å². The molecule has 27 heavy (non-hydrogen) atoms. The second-order valence-electron chi connectivity index (χ2n) is 6.40. The van der Waals surface area contributed by atoms with Crippen molar-refractivity contribution in [1.82, 2.24) is 10.2 Å². The second kappa shape index (κ2) is 6.99. The number of hydrogen-bond acceptors (Lipinski definition) is 5. The Kier molecular flexibility index (Phi) is 4.38. The summed E-state index contributed by atoms with van der Waals surface area (Å²) in [6.07, 6.45) is 0.852. The van der Waals surface area contributed by atoms with E-state index in [0.717, 1.165) is 17.8 Å². The second-order valence-corrected chi connectivity index (χ2v) is 6.40. The molecule has 0 unspecified atom stereocenters. The number of nitrogens with zero attached hydrogens (tertiary/aromatic N) is 3. The van der Waals surface area contributed by atoms with Crippen LogP contribution in [0.1, 0.15) is 33.3 Å². The Balaban J connectivity index is 1.47. The van der Waals surface area contributed by atoms with Crippen LogP contribution in [0.5, 0.6) is 0 Å². The maximum atomic E-state index is 12.8. The Morgan fingerprint density at radius 1 is 0.963 bits per heavy atom. The molecule has 1 amide bonds. The number of benzene rings is 2. The lowest BCUT2D eigenvalue weighted by Crippen LogP contribution is -2.29. The van der Waals surface area contributed by atoms with Gasteiger partial charge in [0.05, 0.1) is 0 Å². The van der Waals surface area contributed by atoms with Gasteiger partial charge in [0.2, 0.25) is 0 Å². The van der Waals surface area contributed by atoms with Crippen molar-refractivity contribution in [2.45, 2.75) is 13.3 Å². The Hall–Kier alpha value is -3.54. The molecule has 0 radical (unpaired) electrons. The number of anilines is 3. The zero-order valence-corrected chi connectivity index (χ0v) is 14.8. The normalized spacial score (nSPS) is 12.6. The Labute approximate surface area is 156 Å². The van der Waals surface area contributed by atoms with E-state index in [1.54, 1.807) is 41.3 Å². The molecule has 0 saturated carbocycles. The third kappa shape index (κ3) is 3.42.